The number of aromatic amines is 1. The van der Waals surface area contributed by atoms with Crippen LogP contribution < -0.4 is 5.32 Å². The minimum Gasteiger partial charge on any atom is -0.347 e. The fraction of sp³-hybridized carbons (Fsp3) is 0.250. The summed E-state index contributed by atoms with van der Waals surface area (Å²) in [6.45, 7) is 2.32. The molecule has 1 unspecified atom stereocenters. The monoisotopic (exact) mass is 253 g/mol. The second kappa shape index (κ2) is 5.29. The molecule has 5 heteroatoms. The number of nitrogens with one attached hydrogen (secondary N) is 2. The number of hydrogen-bond donors (Lipinski definition) is 2. The quantitative estimate of drug-likeness (QED) is 0.879. The van der Waals surface area contributed by atoms with Crippen LogP contribution in [0.5, 0.6) is 0 Å². The summed E-state index contributed by atoms with van der Waals surface area (Å²) < 4.78 is 13.5. The molecule has 0 bridgehead atoms. The number of rotatable bonds is 4. The molecule has 0 saturated heterocycles. The molecule has 1 aromatic heterocycles. The molecular formula is C12H13ClFN3. The topological polar surface area (TPSA) is 40.7 Å². The third kappa shape index (κ3) is 2.84. The highest BCUT2D eigenvalue weighted by Crippen LogP contribution is 2.19. The van der Waals surface area contributed by atoms with E-state index >= 15 is 0 Å². The van der Waals surface area contributed by atoms with E-state index in [9.17, 15) is 4.39 Å². The fourth-order valence-electron chi connectivity index (χ4n) is 1.57. The largest absolute Gasteiger partial charge is 0.347 e. The summed E-state index contributed by atoms with van der Waals surface area (Å²) in [5.41, 5.74) is 0.479. The van der Waals surface area contributed by atoms with Gasteiger partial charge in [-0.3, -0.25) is 0 Å². The Morgan fingerprint density at radius 2 is 2.35 bits per heavy atom. The summed E-state index contributed by atoms with van der Waals surface area (Å²) in [6.07, 6.45) is 3.44. The molecule has 3 nitrogen and oxygen atoms in total. The minimum atomic E-state index is -0.295. The third-order valence-electron chi connectivity index (χ3n) is 2.58. The van der Waals surface area contributed by atoms with E-state index in [0.29, 0.717) is 17.1 Å². The van der Waals surface area contributed by atoms with Crippen molar-refractivity contribution in [3.63, 3.8) is 0 Å². The van der Waals surface area contributed by atoms with Gasteiger partial charge in [0.2, 0.25) is 0 Å². The van der Waals surface area contributed by atoms with Gasteiger partial charge in [0.15, 0.2) is 0 Å². The molecule has 0 aliphatic carbocycles. The van der Waals surface area contributed by atoms with Crippen LogP contribution >= 0.6 is 11.6 Å². The lowest BCUT2D eigenvalue weighted by Gasteiger charge is -2.12. The van der Waals surface area contributed by atoms with Crippen LogP contribution in [0.15, 0.2) is 30.6 Å². The zero-order chi connectivity index (χ0) is 12.3. The van der Waals surface area contributed by atoms with Crippen LogP contribution in [0.2, 0.25) is 5.02 Å². The molecule has 90 valence electrons. The molecule has 2 aromatic rings. The molecule has 2 N–H and O–H groups in total. The number of nitrogens with zero attached hydrogens (tertiary/aromatic N) is 1. The summed E-state index contributed by atoms with van der Waals surface area (Å²) >= 11 is 5.93. The Balaban J connectivity index is 2.03. The van der Waals surface area contributed by atoms with Crippen molar-refractivity contribution in [2.75, 3.05) is 0 Å². The highest BCUT2D eigenvalue weighted by atomic mass is 35.5. The van der Waals surface area contributed by atoms with Crippen LogP contribution in [0.4, 0.5) is 4.39 Å². The molecule has 17 heavy (non-hydrogen) atoms. The standard InChI is InChI=1S/C12H13ClFN3/c1-8(12-15-5-6-16-12)17-7-9-10(13)3-2-4-11(9)14/h2-6,8,17H,7H2,1H3,(H,15,16). The molecule has 0 saturated carbocycles. The van der Waals surface area contributed by atoms with Gasteiger partial charge in [-0.2, -0.15) is 0 Å². The van der Waals surface area contributed by atoms with Crippen molar-refractivity contribution >= 4 is 11.6 Å². The first-order valence-electron chi connectivity index (χ1n) is 5.34. The maximum absolute atomic E-state index is 13.5. The Hall–Kier alpha value is -1.39. The van der Waals surface area contributed by atoms with Gasteiger partial charge in [-0.05, 0) is 19.1 Å². The molecule has 0 amide bonds. The predicted octanol–water partition coefficient (Wildman–Crippen LogP) is 3.05. The van der Waals surface area contributed by atoms with Gasteiger partial charge in [0, 0.05) is 29.5 Å². The lowest BCUT2D eigenvalue weighted by Crippen LogP contribution is -2.20. The average molecular weight is 254 g/mol. The average Bonchev–Trinajstić information content (AvgIpc) is 2.81. The van der Waals surface area contributed by atoms with E-state index in [2.05, 4.69) is 15.3 Å². The lowest BCUT2D eigenvalue weighted by molar-refractivity contribution is 0.529. The Labute approximate surface area is 104 Å². The van der Waals surface area contributed by atoms with Crippen molar-refractivity contribution in [2.45, 2.75) is 19.5 Å². The predicted molar refractivity (Wildman–Crippen MR) is 65.3 cm³/mol. The van der Waals surface area contributed by atoms with Crippen molar-refractivity contribution in [1.82, 2.24) is 15.3 Å². The SMILES string of the molecule is CC(NCc1c(F)cccc1Cl)c1ncc[nH]1. The number of benzene rings is 1. The van der Waals surface area contributed by atoms with Gasteiger partial charge in [0.25, 0.3) is 0 Å². The van der Waals surface area contributed by atoms with E-state index in [-0.39, 0.29) is 11.9 Å². The Morgan fingerprint density at radius 1 is 1.53 bits per heavy atom. The van der Waals surface area contributed by atoms with Gasteiger partial charge in [-0.25, -0.2) is 9.37 Å². The molecule has 0 aliphatic heterocycles. The summed E-state index contributed by atoms with van der Waals surface area (Å²) in [7, 11) is 0. The number of H-pyrrole nitrogens is 1. The van der Waals surface area contributed by atoms with E-state index in [1.165, 1.54) is 6.07 Å². The molecule has 0 spiro atoms. The van der Waals surface area contributed by atoms with Crippen molar-refractivity contribution in [3.8, 4) is 0 Å². The van der Waals surface area contributed by atoms with E-state index in [1.807, 2.05) is 6.92 Å². The second-order valence-electron chi connectivity index (χ2n) is 3.78. The number of hydrogen-bond acceptors (Lipinski definition) is 2. The molecule has 0 radical (unpaired) electrons. The van der Waals surface area contributed by atoms with Gasteiger partial charge >= 0.3 is 0 Å². The van der Waals surface area contributed by atoms with Gasteiger partial charge in [-0.15, -0.1) is 0 Å². The van der Waals surface area contributed by atoms with Crippen LogP contribution in [0, 0.1) is 5.82 Å². The first kappa shape index (κ1) is 12.1. The van der Waals surface area contributed by atoms with E-state index in [4.69, 9.17) is 11.6 Å². The van der Waals surface area contributed by atoms with Gasteiger partial charge in [-0.1, -0.05) is 17.7 Å². The smallest absolute Gasteiger partial charge is 0.129 e. The van der Waals surface area contributed by atoms with Crippen LogP contribution in [-0.4, -0.2) is 9.97 Å². The maximum Gasteiger partial charge on any atom is 0.129 e. The molecule has 1 aromatic carbocycles. The molecule has 1 atom stereocenters. The Bertz CT molecular complexity index is 464. The number of aromatic nitrogens is 2. The van der Waals surface area contributed by atoms with Crippen molar-refractivity contribution in [1.29, 1.82) is 0 Å². The van der Waals surface area contributed by atoms with Crippen LogP contribution in [-0.2, 0) is 6.54 Å². The third-order valence-corrected chi connectivity index (χ3v) is 2.93. The zero-order valence-corrected chi connectivity index (χ0v) is 10.1. The Morgan fingerprint density at radius 3 is 3.00 bits per heavy atom. The van der Waals surface area contributed by atoms with E-state index in [1.54, 1.807) is 24.5 Å². The summed E-state index contributed by atoms with van der Waals surface area (Å²) in [6, 6.07) is 4.69. The van der Waals surface area contributed by atoms with Crippen LogP contribution in [0.1, 0.15) is 24.4 Å². The summed E-state index contributed by atoms with van der Waals surface area (Å²) in [5, 5.41) is 3.60. The molecule has 2 rings (SSSR count). The summed E-state index contributed by atoms with van der Waals surface area (Å²) in [4.78, 5) is 7.13. The van der Waals surface area contributed by atoms with Crippen LogP contribution in [0.25, 0.3) is 0 Å². The van der Waals surface area contributed by atoms with Gasteiger partial charge in [0.05, 0.1) is 6.04 Å². The second-order valence-corrected chi connectivity index (χ2v) is 4.18. The van der Waals surface area contributed by atoms with Crippen molar-refractivity contribution < 1.29 is 4.39 Å². The normalized spacial score (nSPS) is 12.6. The zero-order valence-electron chi connectivity index (χ0n) is 9.37. The summed E-state index contributed by atoms with van der Waals surface area (Å²) in [5.74, 6) is 0.522. The van der Waals surface area contributed by atoms with Gasteiger partial charge in [0.1, 0.15) is 11.6 Å². The number of halogens is 2. The molecule has 0 aliphatic rings. The van der Waals surface area contributed by atoms with Crippen molar-refractivity contribution in [3.05, 3.63) is 52.8 Å². The molecule has 1 heterocycles. The van der Waals surface area contributed by atoms with E-state index < -0.39 is 0 Å². The van der Waals surface area contributed by atoms with Crippen molar-refractivity contribution in [2.24, 2.45) is 0 Å². The first-order valence-corrected chi connectivity index (χ1v) is 5.72. The number of imidazole rings is 1. The highest BCUT2D eigenvalue weighted by molar-refractivity contribution is 6.31. The fourth-order valence-corrected chi connectivity index (χ4v) is 1.80. The first-order chi connectivity index (χ1) is 8.18. The molecular weight excluding hydrogens is 241 g/mol. The maximum atomic E-state index is 13.5. The highest BCUT2D eigenvalue weighted by Gasteiger charge is 2.10. The lowest BCUT2D eigenvalue weighted by atomic mass is 10.2. The van der Waals surface area contributed by atoms with Crippen LogP contribution in [0.3, 0.4) is 0 Å². The molecule has 0 fully saturated rings. The van der Waals surface area contributed by atoms with E-state index in [0.717, 1.165) is 5.82 Å². The minimum absolute atomic E-state index is 0.0145. The Kier molecular flexibility index (Phi) is 3.76. The van der Waals surface area contributed by atoms with Gasteiger partial charge < -0.3 is 10.3 Å².